The van der Waals surface area contributed by atoms with Crippen molar-refractivity contribution in [2.45, 2.75) is 33.2 Å². The van der Waals surface area contributed by atoms with Crippen molar-refractivity contribution in [3.63, 3.8) is 0 Å². The maximum absolute atomic E-state index is 12.9. The summed E-state index contributed by atoms with van der Waals surface area (Å²) in [7, 11) is 0. The van der Waals surface area contributed by atoms with Crippen molar-refractivity contribution in [1.82, 2.24) is 5.32 Å². The molecule has 2 aromatic carbocycles. The van der Waals surface area contributed by atoms with Crippen molar-refractivity contribution in [1.29, 1.82) is 0 Å². The molecule has 1 unspecified atom stereocenters. The number of rotatable bonds is 8. The highest BCUT2D eigenvalue weighted by Gasteiger charge is 2.25. The van der Waals surface area contributed by atoms with Crippen molar-refractivity contribution in [3.05, 3.63) is 59.7 Å². The standard InChI is InChI=1S/C22H27N3O4/c1-4-29-22(28)19(13-14(2)3)25-21(27)16-10-6-8-12-18(16)24-20(26)15-9-5-7-11-17(15)23/h5-12,14,19H,4,13,23H2,1-3H3,(H,24,26)(H,25,27). The van der Waals surface area contributed by atoms with Crippen molar-refractivity contribution in [2.75, 3.05) is 17.7 Å². The fraction of sp³-hybridized carbons (Fsp3) is 0.318. The second-order valence-electron chi connectivity index (χ2n) is 6.99. The summed E-state index contributed by atoms with van der Waals surface area (Å²) < 4.78 is 5.07. The molecule has 0 aliphatic carbocycles. The second-order valence-corrected chi connectivity index (χ2v) is 6.99. The summed E-state index contributed by atoms with van der Waals surface area (Å²) in [5, 5.41) is 5.45. The third kappa shape index (κ3) is 6.07. The Morgan fingerprint density at radius 1 is 0.966 bits per heavy atom. The lowest BCUT2D eigenvalue weighted by atomic mass is 10.0. The maximum atomic E-state index is 12.9. The third-order valence-electron chi connectivity index (χ3n) is 4.21. The van der Waals surface area contributed by atoms with Gasteiger partial charge in [-0.1, -0.05) is 38.1 Å². The van der Waals surface area contributed by atoms with E-state index in [4.69, 9.17) is 10.5 Å². The predicted molar refractivity (Wildman–Crippen MR) is 113 cm³/mol. The van der Waals surface area contributed by atoms with Gasteiger partial charge in [-0.25, -0.2) is 4.79 Å². The minimum atomic E-state index is -0.768. The van der Waals surface area contributed by atoms with E-state index in [0.717, 1.165) is 0 Å². The molecule has 2 amide bonds. The average molecular weight is 397 g/mol. The summed E-state index contributed by atoms with van der Waals surface area (Å²) in [5.41, 5.74) is 7.07. The van der Waals surface area contributed by atoms with Gasteiger partial charge < -0.3 is 21.1 Å². The van der Waals surface area contributed by atoms with Crippen LogP contribution in [0, 0.1) is 5.92 Å². The quantitative estimate of drug-likeness (QED) is 0.468. The molecule has 0 heterocycles. The number of amides is 2. The Morgan fingerprint density at radius 3 is 2.21 bits per heavy atom. The Kier molecular flexibility index (Phi) is 7.77. The van der Waals surface area contributed by atoms with Gasteiger partial charge in [0.1, 0.15) is 6.04 Å². The molecule has 0 fully saturated rings. The van der Waals surface area contributed by atoms with Gasteiger partial charge in [-0.2, -0.15) is 0 Å². The Morgan fingerprint density at radius 2 is 1.59 bits per heavy atom. The molecular formula is C22H27N3O4. The first-order chi connectivity index (χ1) is 13.8. The molecule has 1 atom stereocenters. The topological polar surface area (TPSA) is 111 Å². The summed E-state index contributed by atoms with van der Waals surface area (Å²) >= 11 is 0. The van der Waals surface area contributed by atoms with Crippen molar-refractivity contribution in [2.24, 2.45) is 5.92 Å². The molecular weight excluding hydrogens is 370 g/mol. The van der Waals surface area contributed by atoms with Crippen LogP contribution in [-0.4, -0.2) is 30.4 Å². The number of anilines is 2. The number of nitrogen functional groups attached to an aromatic ring is 1. The molecule has 0 aliphatic heterocycles. The number of hydrogen-bond acceptors (Lipinski definition) is 5. The molecule has 7 heteroatoms. The zero-order chi connectivity index (χ0) is 21.4. The normalized spacial score (nSPS) is 11.6. The van der Waals surface area contributed by atoms with Crippen LogP contribution >= 0.6 is 0 Å². The average Bonchev–Trinajstić information content (AvgIpc) is 2.68. The van der Waals surface area contributed by atoms with Crippen LogP contribution in [0.1, 0.15) is 47.9 Å². The number of esters is 1. The SMILES string of the molecule is CCOC(=O)C(CC(C)C)NC(=O)c1ccccc1NC(=O)c1ccccc1N. The van der Waals surface area contributed by atoms with E-state index in [9.17, 15) is 14.4 Å². The Bertz CT molecular complexity index is 880. The Hall–Kier alpha value is -3.35. The molecule has 2 rings (SSSR count). The lowest BCUT2D eigenvalue weighted by molar-refractivity contribution is -0.145. The molecule has 0 saturated carbocycles. The van der Waals surface area contributed by atoms with Gasteiger partial charge in [0, 0.05) is 5.69 Å². The molecule has 0 saturated heterocycles. The molecule has 0 bridgehead atoms. The summed E-state index contributed by atoms with van der Waals surface area (Å²) in [4.78, 5) is 37.6. The fourth-order valence-electron chi connectivity index (χ4n) is 2.85. The number of nitrogens with two attached hydrogens (primary N) is 1. The van der Waals surface area contributed by atoms with Crippen LogP contribution in [0.25, 0.3) is 0 Å². The van der Waals surface area contributed by atoms with Gasteiger partial charge in [-0.3, -0.25) is 9.59 Å². The van der Waals surface area contributed by atoms with E-state index < -0.39 is 23.8 Å². The molecule has 7 nitrogen and oxygen atoms in total. The number of benzene rings is 2. The first-order valence-corrected chi connectivity index (χ1v) is 9.55. The van der Waals surface area contributed by atoms with Crippen LogP contribution in [0.2, 0.25) is 0 Å². The smallest absolute Gasteiger partial charge is 0.328 e. The molecule has 2 aromatic rings. The van der Waals surface area contributed by atoms with Gasteiger partial charge in [0.05, 0.1) is 23.4 Å². The van der Waals surface area contributed by atoms with E-state index in [1.165, 1.54) is 0 Å². The number of hydrogen-bond donors (Lipinski definition) is 3. The van der Waals surface area contributed by atoms with Crippen molar-refractivity contribution < 1.29 is 19.1 Å². The molecule has 0 aliphatic rings. The zero-order valence-corrected chi connectivity index (χ0v) is 16.9. The van der Waals surface area contributed by atoms with E-state index in [-0.39, 0.29) is 18.1 Å². The molecule has 4 N–H and O–H groups in total. The van der Waals surface area contributed by atoms with E-state index in [1.807, 2.05) is 13.8 Å². The second kappa shape index (κ2) is 10.3. The van der Waals surface area contributed by atoms with Crippen molar-refractivity contribution in [3.8, 4) is 0 Å². The van der Waals surface area contributed by atoms with E-state index in [1.54, 1.807) is 55.5 Å². The van der Waals surface area contributed by atoms with Crippen LogP contribution in [0.15, 0.2) is 48.5 Å². The fourth-order valence-corrected chi connectivity index (χ4v) is 2.85. The summed E-state index contributed by atoms with van der Waals surface area (Å²) in [6.45, 7) is 5.86. The number of nitrogens with one attached hydrogen (secondary N) is 2. The Labute approximate surface area is 170 Å². The monoisotopic (exact) mass is 397 g/mol. The molecule has 0 spiro atoms. The van der Waals surface area contributed by atoms with E-state index >= 15 is 0 Å². The molecule has 0 radical (unpaired) electrons. The van der Waals surface area contributed by atoms with E-state index in [0.29, 0.717) is 23.4 Å². The van der Waals surface area contributed by atoms with Crippen LogP contribution in [0.5, 0.6) is 0 Å². The van der Waals surface area contributed by atoms with Crippen LogP contribution in [-0.2, 0) is 9.53 Å². The number of para-hydroxylation sites is 2. The van der Waals surface area contributed by atoms with Gasteiger partial charge in [0.15, 0.2) is 0 Å². The maximum Gasteiger partial charge on any atom is 0.328 e. The summed E-state index contributed by atoms with van der Waals surface area (Å²) in [6, 6.07) is 12.5. The van der Waals surface area contributed by atoms with Gasteiger partial charge in [-0.05, 0) is 43.5 Å². The molecule has 29 heavy (non-hydrogen) atoms. The highest BCUT2D eigenvalue weighted by atomic mass is 16.5. The highest BCUT2D eigenvalue weighted by Crippen LogP contribution is 2.19. The van der Waals surface area contributed by atoms with Crippen LogP contribution in [0.4, 0.5) is 11.4 Å². The summed E-state index contributed by atoms with van der Waals surface area (Å²) in [5.74, 6) is -1.19. The zero-order valence-electron chi connectivity index (χ0n) is 16.9. The highest BCUT2D eigenvalue weighted by molar-refractivity contribution is 6.11. The van der Waals surface area contributed by atoms with Gasteiger partial charge >= 0.3 is 5.97 Å². The number of carbonyl (C=O) groups excluding carboxylic acids is 3. The Balaban J connectivity index is 2.22. The van der Waals surface area contributed by atoms with Crippen LogP contribution in [0.3, 0.4) is 0 Å². The van der Waals surface area contributed by atoms with Gasteiger partial charge in [0.2, 0.25) is 0 Å². The largest absolute Gasteiger partial charge is 0.464 e. The van der Waals surface area contributed by atoms with E-state index in [2.05, 4.69) is 10.6 Å². The number of carbonyl (C=O) groups is 3. The summed E-state index contributed by atoms with van der Waals surface area (Å²) in [6.07, 6.45) is 0.444. The van der Waals surface area contributed by atoms with Crippen molar-refractivity contribution >= 4 is 29.2 Å². The predicted octanol–water partition coefficient (Wildman–Crippen LogP) is 3.23. The first-order valence-electron chi connectivity index (χ1n) is 9.55. The first kappa shape index (κ1) is 21.9. The molecule has 0 aromatic heterocycles. The lowest BCUT2D eigenvalue weighted by Crippen LogP contribution is -2.43. The van der Waals surface area contributed by atoms with Gasteiger partial charge in [0.25, 0.3) is 11.8 Å². The lowest BCUT2D eigenvalue weighted by Gasteiger charge is -2.20. The molecule has 154 valence electrons. The third-order valence-corrected chi connectivity index (χ3v) is 4.21. The number of ether oxygens (including phenoxy) is 1. The van der Waals surface area contributed by atoms with Crippen LogP contribution < -0.4 is 16.4 Å². The minimum Gasteiger partial charge on any atom is -0.464 e. The van der Waals surface area contributed by atoms with Gasteiger partial charge in [-0.15, -0.1) is 0 Å². The minimum absolute atomic E-state index is 0.181.